The van der Waals surface area contributed by atoms with E-state index in [1.54, 1.807) is 0 Å². The summed E-state index contributed by atoms with van der Waals surface area (Å²) < 4.78 is 5.76. The monoisotopic (exact) mass is 288 g/mol. The molecule has 3 heteroatoms. The summed E-state index contributed by atoms with van der Waals surface area (Å²) in [5, 5.41) is 12.8. The van der Waals surface area contributed by atoms with Crippen molar-refractivity contribution in [2.24, 2.45) is 0 Å². The van der Waals surface area contributed by atoms with Crippen molar-refractivity contribution in [1.29, 1.82) is 5.26 Å². The Kier molecular flexibility index (Phi) is 7.85. The molecule has 0 heterocycles. The molecule has 21 heavy (non-hydrogen) atoms. The van der Waals surface area contributed by atoms with Crippen LogP contribution >= 0.6 is 0 Å². The van der Waals surface area contributed by atoms with Crippen LogP contribution in [-0.2, 0) is 6.42 Å². The fourth-order valence-electron chi connectivity index (χ4n) is 2.31. The summed E-state index contributed by atoms with van der Waals surface area (Å²) in [5.41, 5.74) is 0.923. The molecule has 0 radical (unpaired) electrons. The van der Waals surface area contributed by atoms with Gasteiger partial charge in [0.2, 0.25) is 0 Å². The van der Waals surface area contributed by atoms with Crippen LogP contribution in [0.25, 0.3) is 0 Å². The summed E-state index contributed by atoms with van der Waals surface area (Å²) >= 11 is 0. The number of hydrogen-bond donors (Lipinski definition) is 1. The molecule has 0 saturated heterocycles. The van der Waals surface area contributed by atoms with Crippen molar-refractivity contribution < 1.29 is 4.74 Å². The average Bonchev–Trinajstić information content (AvgIpc) is 2.55. The topological polar surface area (TPSA) is 45.0 Å². The summed E-state index contributed by atoms with van der Waals surface area (Å²) in [6.07, 6.45) is 4.63. The second-order valence-electron chi connectivity index (χ2n) is 5.42. The quantitative estimate of drug-likeness (QED) is 0.660. The van der Waals surface area contributed by atoms with Gasteiger partial charge in [-0.1, -0.05) is 32.9 Å². The molecule has 0 aromatic heterocycles. The van der Waals surface area contributed by atoms with E-state index in [2.05, 4.69) is 44.3 Å². The number of rotatable bonds is 10. The van der Waals surface area contributed by atoms with Gasteiger partial charge >= 0.3 is 0 Å². The van der Waals surface area contributed by atoms with Gasteiger partial charge in [-0.2, -0.15) is 5.26 Å². The molecule has 116 valence electrons. The molecule has 0 aliphatic carbocycles. The Morgan fingerprint density at radius 1 is 1.19 bits per heavy atom. The van der Waals surface area contributed by atoms with Crippen LogP contribution in [0.4, 0.5) is 0 Å². The first-order valence-electron chi connectivity index (χ1n) is 8.07. The predicted octanol–water partition coefficient (Wildman–Crippen LogP) is 4.08. The van der Waals surface area contributed by atoms with Crippen LogP contribution in [0.1, 0.15) is 52.0 Å². The highest BCUT2D eigenvalue weighted by Crippen LogP contribution is 2.18. The molecule has 1 aromatic rings. The van der Waals surface area contributed by atoms with E-state index in [4.69, 9.17) is 4.74 Å². The maximum absolute atomic E-state index is 9.42. The largest absolute Gasteiger partial charge is 0.494 e. The molecule has 0 fully saturated rings. The Hall–Kier alpha value is -1.53. The summed E-state index contributed by atoms with van der Waals surface area (Å²) in [6, 6.07) is 10.7. The van der Waals surface area contributed by atoms with E-state index < -0.39 is 5.54 Å². The van der Waals surface area contributed by atoms with Gasteiger partial charge < -0.3 is 4.74 Å². The van der Waals surface area contributed by atoms with Gasteiger partial charge in [0.15, 0.2) is 0 Å². The van der Waals surface area contributed by atoms with Crippen LogP contribution in [-0.4, -0.2) is 18.7 Å². The van der Waals surface area contributed by atoms with Crippen molar-refractivity contribution in [3.05, 3.63) is 29.8 Å². The highest BCUT2D eigenvalue weighted by Gasteiger charge is 2.26. The number of nitrogens with one attached hydrogen (secondary N) is 1. The van der Waals surface area contributed by atoms with Crippen LogP contribution in [0, 0.1) is 11.3 Å². The molecule has 1 unspecified atom stereocenters. The van der Waals surface area contributed by atoms with Gasteiger partial charge in [0.25, 0.3) is 0 Å². The predicted molar refractivity (Wildman–Crippen MR) is 87.5 cm³/mol. The minimum Gasteiger partial charge on any atom is -0.494 e. The van der Waals surface area contributed by atoms with Crippen LogP contribution in [0.3, 0.4) is 0 Å². The zero-order valence-corrected chi connectivity index (χ0v) is 13.6. The van der Waals surface area contributed by atoms with Gasteiger partial charge in [0, 0.05) is 0 Å². The summed E-state index contributed by atoms with van der Waals surface area (Å²) in [5.74, 6) is 0.910. The van der Waals surface area contributed by atoms with Gasteiger partial charge in [0.05, 0.1) is 12.7 Å². The lowest BCUT2D eigenvalue weighted by Crippen LogP contribution is -2.44. The van der Waals surface area contributed by atoms with E-state index >= 15 is 0 Å². The maximum atomic E-state index is 9.42. The minimum atomic E-state index is -0.397. The van der Waals surface area contributed by atoms with Crippen LogP contribution in [0.2, 0.25) is 0 Å². The summed E-state index contributed by atoms with van der Waals surface area (Å²) in [6.45, 7) is 7.87. The van der Waals surface area contributed by atoms with Crippen LogP contribution < -0.4 is 10.1 Å². The molecule has 3 nitrogen and oxygen atoms in total. The molecule has 0 bridgehead atoms. The number of nitriles is 1. The molecule has 0 aliphatic heterocycles. The van der Waals surface area contributed by atoms with E-state index in [1.807, 2.05) is 12.1 Å². The first-order valence-corrected chi connectivity index (χ1v) is 8.07. The first kappa shape index (κ1) is 17.5. The van der Waals surface area contributed by atoms with E-state index in [9.17, 15) is 5.26 Å². The van der Waals surface area contributed by atoms with E-state index in [1.165, 1.54) is 5.56 Å². The van der Waals surface area contributed by atoms with Crippen LogP contribution in [0.5, 0.6) is 5.75 Å². The number of aryl methyl sites for hydroxylation is 1. The molecule has 0 aliphatic rings. The molecule has 1 aromatic carbocycles. The fourth-order valence-corrected chi connectivity index (χ4v) is 2.31. The Balaban J connectivity index is 2.38. The second-order valence-corrected chi connectivity index (χ2v) is 5.42. The Morgan fingerprint density at radius 3 is 2.43 bits per heavy atom. The molecular formula is C18H28N2O. The average molecular weight is 288 g/mol. The van der Waals surface area contributed by atoms with E-state index in [0.29, 0.717) is 6.61 Å². The third-order valence-corrected chi connectivity index (χ3v) is 3.88. The van der Waals surface area contributed by atoms with E-state index in [-0.39, 0.29) is 0 Å². The molecule has 0 amide bonds. The molecule has 1 atom stereocenters. The van der Waals surface area contributed by atoms with Gasteiger partial charge in [-0.05, 0) is 56.3 Å². The highest BCUT2D eigenvalue weighted by atomic mass is 16.5. The number of ether oxygens (including phenoxy) is 1. The number of benzene rings is 1. The second kappa shape index (κ2) is 9.41. The SMILES string of the molecule is CCCNC(C#N)(CC)CCCOc1ccc(CC)cc1. The van der Waals surface area contributed by atoms with Crippen molar-refractivity contribution in [3.63, 3.8) is 0 Å². The smallest absolute Gasteiger partial charge is 0.119 e. The molecular weight excluding hydrogens is 260 g/mol. The first-order chi connectivity index (χ1) is 10.2. The van der Waals surface area contributed by atoms with E-state index in [0.717, 1.165) is 44.4 Å². The third-order valence-electron chi connectivity index (χ3n) is 3.88. The van der Waals surface area contributed by atoms with Gasteiger partial charge in [0.1, 0.15) is 11.3 Å². The normalized spacial score (nSPS) is 13.4. The zero-order chi connectivity index (χ0) is 15.6. The molecule has 1 rings (SSSR count). The fraction of sp³-hybridized carbons (Fsp3) is 0.611. The Bertz CT molecular complexity index is 436. The maximum Gasteiger partial charge on any atom is 0.119 e. The van der Waals surface area contributed by atoms with Crippen molar-refractivity contribution in [3.8, 4) is 11.8 Å². The lowest BCUT2D eigenvalue weighted by atomic mass is 9.92. The zero-order valence-electron chi connectivity index (χ0n) is 13.6. The van der Waals surface area contributed by atoms with Crippen molar-refractivity contribution in [2.75, 3.05) is 13.2 Å². The Labute approximate surface area is 129 Å². The van der Waals surface area contributed by atoms with Crippen LogP contribution in [0.15, 0.2) is 24.3 Å². The summed E-state index contributed by atoms with van der Waals surface area (Å²) in [4.78, 5) is 0. The van der Waals surface area contributed by atoms with Gasteiger partial charge in [-0.3, -0.25) is 5.32 Å². The highest BCUT2D eigenvalue weighted by molar-refractivity contribution is 5.27. The lowest BCUT2D eigenvalue weighted by molar-refractivity contribution is 0.276. The Morgan fingerprint density at radius 2 is 1.90 bits per heavy atom. The van der Waals surface area contributed by atoms with Crippen molar-refractivity contribution in [1.82, 2.24) is 5.32 Å². The lowest BCUT2D eigenvalue weighted by Gasteiger charge is -2.26. The van der Waals surface area contributed by atoms with Crippen molar-refractivity contribution in [2.45, 2.75) is 58.4 Å². The number of hydrogen-bond acceptors (Lipinski definition) is 3. The number of nitrogens with zero attached hydrogens (tertiary/aromatic N) is 1. The molecule has 0 spiro atoms. The standard InChI is InChI=1S/C18H28N2O/c1-4-13-20-18(6-3,15-19)12-7-14-21-17-10-8-16(5-2)9-11-17/h8-11,20H,4-7,12-14H2,1-3H3. The van der Waals surface area contributed by atoms with Gasteiger partial charge in [-0.25, -0.2) is 0 Å². The molecule has 1 N–H and O–H groups in total. The molecule has 0 saturated carbocycles. The van der Waals surface area contributed by atoms with Gasteiger partial charge in [-0.15, -0.1) is 0 Å². The van der Waals surface area contributed by atoms with Crippen molar-refractivity contribution >= 4 is 0 Å². The third kappa shape index (κ3) is 5.77. The minimum absolute atomic E-state index is 0.397. The summed E-state index contributed by atoms with van der Waals surface area (Å²) in [7, 11) is 0.